The van der Waals surface area contributed by atoms with Crippen molar-refractivity contribution in [1.29, 1.82) is 0 Å². The molecule has 3 fully saturated rings. The molecule has 1 aliphatic carbocycles. The Balaban J connectivity index is 1.37. The highest BCUT2D eigenvalue weighted by atomic mass is 32.2. The van der Waals surface area contributed by atoms with Crippen LogP contribution in [0.25, 0.3) is 0 Å². The van der Waals surface area contributed by atoms with E-state index in [-0.39, 0.29) is 34.8 Å². The predicted molar refractivity (Wildman–Crippen MR) is 99.4 cm³/mol. The normalized spacial score (nSPS) is 29.4. The molecule has 0 aromatic carbocycles. The minimum atomic E-state index is -3.54. The van der Waals surface area contributed by atoms with E-state index >= 15 is 0 Å². The summed E-state index contributed by atoms with van der Waals surface area (Å²) in [6.07, 6.45) is 7.65. The van der Waals surface area contributed by atoms with E-state index in [0.29, 0.717) is 26.2 Å². The molecule has 0 unspecified atom stereocenters. The van der Waals surface area contributed by atoms with Gasteiger partial charge in [-0.25, -0.2) is 8.42 Å². The van der Waals surface area contributed by atoms with Crippen LogP contribution in [0.1, 0.15) is 32.6 Å². The molecule has 8 heteroatoms. The molecular weight excluding hydrogens is 366 g/mol. The highest BCUT2D eigenvalue weighted by Crippen LogP contribution is 2.43. The van der Waals surface area contributed by atoms with Gasteiger partial charge in [0.15, 0.2) is 0 Å². The van der Waals surface area contributed by atoms with Crippen LogP contribution in [-0.4, -0.2) is 67.4 Å². The van der Waals surface area contributed by atoms with Crippen LogP contribution in [0.15, 0.2) is 29.4 Å². The minimum Gasteiger partial charge on any atom is -0.368 e. The molecule has 1 saturated carbocycles. The Hall–Kier alpha value is -1.51. The number of hydrogen-bond donors (Lipinski definition) is 0. The molecule has 3 aliphatic rings. The number of pyridine rings is 1. The maximum atomic E-state index is 12.9. The van der Waals surface area contributed by atoms with Crippen molar-refractivity contribution in [2.45, 2.75) is 43.6 Å². The maximum Gasteiger partial charge on any atom is 0.248 e. The van der Waals surface area contributed by atoms with Gasteiger partial charge in [0.25, 0.3) is 0 Å². The average Bonchev–Trinajstić information content (AvgIpc) is 3.34. The number of sulfonamides is 1. The second-order valence-corrected chi connectivity index (χ2v) is 10.3. The fourth-order valence-electron chi connectivity index (χ4n) is 4.64. The molecule has 2 saturated heterocycles. The zero-order valence-electron chi connectivity index (χ0n) is 15.7. The van der Waals surface area contributed by atoms with E-state index in [1.807, 2.05) is 4.90 Å². The number of carbonyl (C=O) groups is 1. The summed E-state index contributed by atoms with van der Waals surface area (Å²) < 4.78 is 33.0. The molecule has 1 aromatic rings. The van der Waals surface area contributed by atoms with Gasteiger partial charge in [0.1, 0.15) is 11.5 Å². The van der Waals surface area contributed by atoms with Crippen molar-refractivity contribution in [3.63, 3.8) is 0 Å². The van der Waals surface area contributed by atoms with E-state index < -0.39 is 10.0 Å². The monoisotopic (exact) mass is 393 g/mol. The summed E-state index contributed by atoms with van der Waals surface area (Å²) in [5, 5.41) is 0. The Morgan fingerprint density at radius 3 is 2.74 bits per heavy atom. The van der Waals surface area contributed by atoms with Crippen molar-refractivity contribution in [2.75, 3.05) is 32.8 Å². The molecule has 2 aliphatic heterocycles. The van der Waals surface area contributed by atoms with Crippen molar-refractivity contribution < 1.29 is 17.9 Å². The second-order valence-electron chi connectivity index (χ2n) is 8.33. The number of rotatable bonds is 5. The SMILES string of the molecule is C[C@]12CN(C(=O)COC3CCCC3)C[C@H]1CN(S(=O)(=O)c1cccnc1)C2. The molecule has 148 valence electrons. The number of nitrogens with zero attached hydrogens (tertiary/aromatic N) is 3. The molecule has 0 bridgehead atoms. The van der Waals surface area contributed by atoms with Crippen LogP contribution in [-0.2, 0) is 19.6 Å². The molecule has 3 heterocycles. The lowest BCUT2D eigenvalue weighted by molar-refractivity contribution is -0.137. The van der Waals surface area contributed by atoms with E-state index in [4.69, 9.17) is 4.74 Å². The van der Waals surface area contributed by atoms with Crippen molar-refractivity contribution in [1.82, 2.24) is 14.2 Å². The quantitative estimate of drug-likeness (QED) is 0.758. The molecule has 0 radical (unpaired) electrons. The summed E-state index contributed by atoms with van der Waals surface area (Å²) in [5.74, 6) is 0.179. The first-order valence-corrected chi connectivity index (χ1v) is 11.1. The van der Waals surface area contributed by atoms with Gasteiger partial charge in [0, 0.05) is 44.0 Å². The van der Waals surface area contributed by atoms with Gasteiger partial charge in [-0.1, -0.05) is 19.8 Å². The molecular formula is C19H27N3O4S. The first-order chi connectivity index (χ1) is 12.9. The number of likely N-dealkylation sites (tertiary alicyclic amines) is 1. The Labute approximate surface area is 160 Å². The highest BCUT2D eigenvalue weighted by Gasteiger charge is 2.53. The third kappa shape index (κ3) is 3.62. The summed E-state index contributed by atoms with van der Waals surface area (Å²) in [7, 11) is -3.54. The molecule has 7 nitrogen and oxygen atoms in total. The third-order valence-electron chi connectivity index (χ3n) is 6.31. The van der Waals surface area contributed by atoms with Crippen molar-refractivity contribution >= 4 is 15.9 Å². The predicted octanol–water partition coefficient (Wildman–Crippen LogP) is 1.51. The van der Waals surface area contributed by atoms with Crippen molar-refractivity contribution in [3.05, 3.63) is 24.5 Å². The number of ether oxygens (including phenoxy) is 1. The molecule has 0 spiro atoms. The fourth-order valence-corrected chi connectivity index (χ4v) is 6.23. The Morgan fingerprint density at radius 1 is 1.30 bits per heavy atom. The van der Waals surface area contributed by atoms with Crippen LogP contribution in [0.4, 0.5) is 0 Å². The van der Waals surface area contributed by atoms with Gasteiger partial charge in [-0.15, -0.1) is 0 Å². The summed E-state index contributed by atoms with van der Waals surface area (Å²) in [4.78, 5) is 18.5. The number of aromatic nitrogens is 1. The van der Waals surface area contributed by atoms with Crippen molar-refractivity contribution in [2.24, 2.45) is 11.3 Å². The number of hydrogen-bond acceptors (Lipinski definition) is 5. The fraction of sp³-hybridized carbons (Fsp3) is 0.684. The Morgan fingerprint density at radius 2 is 2.07 bits per heavy atom. The van der Waals surface area contributed by atoms with Crippen LogP contribution in [0, 0.1) is 11.3 Å². The average molecular weight is 394 g/mol. The van der Waals surface area contributed by atoms with Gasteiger partial charge in [0.2, 0.25) is 15.9 Å². The Kier molecular flexibility index (Phi) is 4.98. The van der Waals surface area contributed by atoms with Crippen molar-refractivity contribution in [3.8, 4) is 0 Å². The third-order valence-corrected chi connectivity index (χ3v) is 8.10. The van der Waals surface area contributed by atoms with Gasteiger partial charge >= 0.3 is 0 Å². The highest BCUT2D eigenvalue weighted by molar-refractivity contribution is 7.89. The Bertz CT molecular complexity index is 794. The van der Waals surface area contributed by atoms with E-state index in [1.165, 1.54) is 19.0 Å². The molecule has 1 aromatic heterocycles. The first-order valence-electron chi connectivity index (χ1n) is 9.68. The minimum absolute atomic E-state index is 0.0270. The zero-order chi connectivity index (χ0) is 19.1. The lowest BCUT2D eigenvalue weighted by Gasteiger charge is -2.25. The van der Waals surface area contributed by atoms with Gasteiger partial charge in [-0.3, -0.25) is 9.78 Å². The van der Waals surface area contributed by atoms with Gasteiger partial charge in [-0.2, -0.15) is 4.31 Å². The number of fused-ring (bicyclic) bond motifs is 1. The zero-order valence-corrected chi connectivity index (χ0v) is 16.5. The molecule has 27 heavy (non-hydrogen) atoms. The molecule has 2 atom stereocenters. The van der Waals surface area contributed by atoms with E-state index in [2.05, 4.69) is 11.9 Å². The standard InChI is InChI=1S/C19H27N3O4S/c1-19-13-21(18(23)12-26-16-5-2-3-6-16)10-15(19)11-22(14-19)27(24,25)17-7-4-8-20-9-17/h4,7-9,15-16H,2-3,5-6,10-14H2,1H3/t15-,19+/m0/s1. The molecule has 1 amide bonds. The van der Waals surface area contributed by atoms with Gasteiger partial charge in [0.05, 0.1) is 6.10 Å². The smallest absolute Gasteiger partial charge is 0.248 e. The maximum absolute atomic E-state index is 12.9. The second kappa shape index (κ2) is 7.14. The van der Waals surface area contributed by atoms with Crippen LogP contribution in [0.5, 0.6) is 0 Å². The van der Waals surface area contributed by atoms with E-state index in [9.17, 15) is 13.2 Å². The first kappa shape index (κ1) is 18.8. The van der Waals surface area contributed by atoms with E-state index in [1.54, 1.807) is 22.6 Å². The molecule has 4 rings (SSSR count). The van der Waals surface area contributed by atoms with Gasteiger partial charge in [-0.05, 0) is 30.9 Å². The number of amides is 1. The topological polar surface area (TPSA) is 79.8 Å². The summed E-state index contributed by atoms with van der Waals surface area (Å²) in [5.41, 5.74) is -0.210. The molecule has 0 N–H and O–H groups in total. The summed E-state index contributed by atoms with van der Waals surface area (Å²) in [6.45, 7) is 4.29. The van der Waals surface area contributed by atoms with E-state index in [0.717, 1.165) is 12.8 Å². The van der Waals surface area contributed by atoms with Crippen LogP contribution in [0.2, 0.25) is 0 Å². The summed E-state index contributed by atoms with van der Waals surface area (Å²) in [6, 6.07) is 3.21. The van der Waals surface area contributed by atoms with Crippen LogP contribution >= 0.6 is 0 Å². The van der Waals surface area contributed by atoms with Gasteiger partial charge < -0.3 is 9.64 Å². The lowest BCUT2D eigenvalue weighted by Crippen LogP contribution is -2.39. The lowest BCUT2D eigenvalue weighted by atomic mass is 9.83. The number of carbonyl (C=O) groups excluding carboxylic acids is 1. The largest absolute Gasteiger partial charge is 0.368 e. The summed E-state index contributed by atoms with van der Waals surface area (Å²) >= 11 is 0. The van der Waals surface area contributed by atoms with Crippen LogP contribution in [0.3, 0.4) is 0 Å². The van der Waals surface area contributed by atoms with Crippen LogP contribution < -0.4 is 0 Å².